The lowest BCUT2D eigenvalue weighted by Gasteiger charge is -2.30. The van der Waals surface area contributed by atoms with Gasteiger partial charge in [-0.05, 0) is 37.4 Å². The summed E-state index contributed by atoms with van der Waals surface area (Å²) in [5.41, 5.74) is 7.15. The Kier molecular flexibility index (Phi) is 5.90. The molecule has 25 heavy (non-hydrogen) atoms. The third kappa shape index (κ3) is 4.68. The first kappa shape index (κ1) is 18.5. The lowest BCUT2D eigenvalue weighted by Crippen LogP contribution is -2.41. The summed E-state index contributed by atoms with van der Waals surface area (Å²) in [6.07, 6.45) is 3.93. The number of rotatable bonds is 5. The highest BCUT2D eigenvalue weighted by atomic mass is 32.2. The molecule has 2 saturated heterocycles. The molecular weight excluding hydrogens is 344 g/mol. The second-order valence-corrected chi connectivity index (χ2v) is 8.47. The molecule has 2 aliphatic heterocycles. The van der Waals surface area contributed by atoms with Crippen LogP contribution in [0.25, 0.3) is 0 Å². The maximum atomic E-state index is 12.0. The number of anilines is 1. The maximum absolute atomic E-state index is 12.0. The van der Waals surface area contributed by atoms with Crippen molar-refractivity contribution in [2.24, 2.45) is 5.73 Å². The SMILES string of the molecule is NC(CCN1CCC(O)CC1)c1ccc(N2CCOCS2(=O)=O)nc1. The third-order valence-electron chi connectivity index (χ3n) is 4.77. The normalized spacial score (nSPS) is 23.5. The molecule has 3 rings (SSSR count). The number of sulfonamides is 1. The molecule has 9 heteroatoms. The predicted molar refractivity (Wildman–Crippen MR) is 94.5 cm³/mol. The monoisotopic (exact) mass is 370 g/mol. The summed E-state index contributed by atoms with van der Waals surface area (Å²) >= 11 is 0. The van der Waals surface area contributed by atoms with E-state index in [4.69, 9.17) is 10.5 Å². The Hall–Kier alpha value is -1.26. The van der Waals surface area contributed by atoms with Gasteiger partial charge in [0.1, 0.15) is 5.82 Å². The molecule has 3 N–H and O–H groups in total. The molecule has 140 valence electrons. The number of aliphatic hydroxyl groups excluding tert-OH is 1. The maximum Gasteiger partial charge on any atom is 0.260 e. The minimum atomic E-state index is -3.45. The van der Waals surface area contributed by atoms with Crippen LogP contribution in [-0.2, 0) is 14.8 Å². The van der Waals surface area contributed by atoms with Crippen LogP contribution in [0.1, 0.15) is 30.9 Å². The minimum absolute atomic E-state index is 0.144. The summed E-state index contributed by atoms with van der Waals surface area (Å²) in [5, 5.41) is 9.54. The first-order valence-electron chi connectivity index (χ1n) is 8.66. The van der Waals surface area contributed by atoms with E-state index in [9.17, 15) is 13.5 Å². The highest BCUT2D eigenvalue weighted by Crippen LogP contribution is 2.22. The molecule has 0 saturated carbocycles. The number of likely N-dealkylation sites (tertiary alicyclic amines) is 1. The van der Waals surface area contributed by atoms with E-state index in [1.165, 1.54) is 4.31 Å². The van der Waals surface area contributed by atoms with E-state index in [-0.39, 0.29) is 24.6 Å². The molecule has 2 fully saturated rings. The largest absolute Gasteiger partial charge is 0.393 e. The van der Waals surface area contributed by atoms with Crippen LogP contribution >= 0.6 is 0 Å². The molecule has 1 aromatic rings. The lowest BCUT2D eigenvalue weighted by atomic mass is 10.0. The molecule has 0 aliphatic carbocycles. The van der Waals surface area contributed by atoms with Gasteiger partial charge < -0.3 is 20.5 Å². The number of aliphatic hydroxyl groups is 1. The fraction of sp³-hybridized carbons (Fsp3) is 0.688. The average Bonchev–Trinajstić information content (AvgIpc) is 2.61. The minimum Gasteiger partial charge on any atom is -0.393 e. The Balaban J connectivity index is 1.56. The van der Waals surface area contributed by atoms with Crippen LogP contribution in [0.2, 0.25) is 0 Å². The zero-order valence-corrected chi connectivity index (χ0v) is 15.1. The molecule has 3 heterocycles. The van der Waals surface area contributed by atoms with E-state index in [1.807, 2.05) is 6.07 Å². The number of nitrogens with zero attached hydrogens (tertiary/aromatic N) is 3. The van der Waals surface area contributed by atoms with E-state index in [0.29, 0.717) is 12.4 Å². The van der Waals surface area contributed by atoms with Gasteiger partial charge in [0.15, 0.2) is 5.94 Å². The van der Waals surface area contributed by atoms with Gasteiger partial charge in [0.25, 0.3) is 10.0 Å². The average molecular weight is 370 g/mol. The summed E-state index contributed by atoms with van der Waals surface area (Å²) in [7, 11) is -3.45. The fourth-order valence-electron chi connectivity index (χ4n) is 3.17. The lowest BCUT2D eigenvalue weighted by molar-refractivity contribution is 0.0812. The zero-order valence-electron chi connectivity index (χ0n) is 14.2. The predicted octanol–water partition coefficient (Wildman–Crippen LogP) is 0.0521. The Labute approximate surface area is 148 Å². The van der Waals surface area contributed by atoms with Crippen LogP contribution < -0.4 is 10.0 Å². The van der Waals surface area contributed by atoms with Gasteiger partial charge in [0, 0.05) is 25.3 Å². The molecule has 8 nitrogen and oxygen atoms in total. The summed E-state index contributed by atoms with van der Waals surface area (Å²) in [6.45, 7) is 3.33. The van der Waals surface area contributed by atoms with Gasteiger partial charge in [-0.25, -0.2) is 17.7 Å². The van der Waals surface area contributed by atoms with Crippen LogP contribution in [-0.4, -0.2) is 68.2 Å². The number of hydrogen-bond donors (Lipinski definition) is 2. The van der Waals surface area contributed by atoms with Crippen LogP contribution in [0.3, 0.4) is 0 Å². The summed E-state index contributed by atoms with van der Waals surface area (Å²) in [5.74, 6) is 0.102. The molecule has 0 bridgehead atoms. The van der Waals surface area contributed by atoms with Crippen molar-refractivity contribution < 1.29 is 18.3 Å². The van der Waals surface area contributed by atoms with Gasteiger partial charge in [0.05, 0.1) is 19.3 Å². The highest BCUT2D eigenvalue weighted by molar-refractivity contribution is 7.92. The van der Waals surface area contributed by atoms with Gasteiger partial charge in [-0.3, -0.25) is 0 Å². The van der Waals surface area contributed by atoms with Gasteiger partial charge >= 0.3 is 0 Å². The number of aromatic nitrogens is 1. The van der Waals surface area contributed by atoms with Gasteiger partial charge in [-0.15, -0.1) is 0 Å². The smallest absolute Gasteiger partial charge is 0.260 e. The zero-order chi connectivity index (χ0) is 17.9. The van der Waals surface area contributed by atoms with E-state index in [0.717, 1.165) is 44.5 Å². The standard InChI is InChI=1S/C16H26N4O4S/c17-15(5-8-19-6-3-14(21)4-7-19)13-1-2-16(18-11-13)20-9-10-24-12-25(20,22)23/h1-2,11,14-15,21H,3-10,12,17H2. The van der Waals surface area contributed by atoms with Gasteiger partial charge in [0.2, 0.25) is 0 Å². The Morgan fingerprint density at radius 1 is 1.32 bits per heavy atom. The second kappa shape index (κ2) is 7.96. The van der Waals surface area contributed by atoms with E-state index < -0.39 is 10.0 Å². The highest BCUT2D eigenvalue weighted by Gasteiger charge is 2.27. The number of nitrogens with two attached hydrogens (primary N) is 1. The van der Waals surface area contributed by atoms with E-state index in [2.05, 4.69) is 9.88 Å². The van der Waals surface area contributed by atoms with Crippen molar-refractivity contribution in [2.45, 2.75) is 31.4 Å². The molecule has 1 atom stereocenters. The first-order chi connectivity index (χ1) is 12.0. The molecule has 0 radical (unpaired) electrons. The third-order valence-corrected chi connectivity index (χ3v) is 6.28. The van der Waals surface area contributed by atoms with Crippen LogP contribution in [0, 0.1) is 0 Å². The summed E-state index contributed by atoms with van der Waals surface area (Å²) < 4.78 is 30.3. The van der Waals surface area contributed by atoms with Gasteiger partial charge in [-0.2, -0.15) is 0 Å². The van der Waals surface area contributed by atoms with Crippen molar-refractivity contribution in [3.8, 4) is 0 Å². The topological polar surface area (TPSA) is 109 Å². The quantitative estimate of drug-likeness (QED) is 0.754. The molecule has 0 amide bonds. The van der Waals surface area contributed by atoms with Crippen molar-refractivity contribution >= 4 is 15.8 Å². The van der Waals surface area contributed by atoms with Crippen LogP contribution in [0.5, 0.6) is 0 Å². The molecular formula is C16H26N4O4S. The number of ether oxygens (including phenoxy) is 1. The first-order valence-corrected chi connectivity index (χ1v) is 10.3. The molecule has 2 aliphatic rings. The van der Waals surface area contributed by atoms with Crippen molar-refractivity contribution in [3.63, 3.8) is 0 Å². The molecule has 1 unspecified atom stereocenters. The van der Waals surface area contributed by atoms with E-state index >= 15 is 0 Å². The second-order valence-electron chi connectivity index (χ2n) is 6.63. The summed E-state index contributed by atoms with van der Waals surface area (Å²) in [4.78, 5) is 6.60. The Bertz CT molecular complexity index is 659. The fourth-order valence-corrected chi connectivity index (χ4v) is 4.37. The van der Waals surface area contributed by atoms with Crippen LogP contribution in [0.4, 0.5) is 5.82 Å². The Morgan fingerprint density at radius 2 is 2.08 bits per heavy atom. The van der Waals surface area contributed by atoms with Crippen molar-refractivity contribution in [3.05, 3.63) is 23.9 Å². The summed E-state index contributed by atoms with van der Waals surface area (Å²) in [6, 6.07) is 3.41. The van der Waals surface area contributed by atoms with Gasteiger partial charge in [-0.1, -0.05) is 6.07 Å². The number of pyridine rings is 1. The Morgan fingerprint density at radius 3 is 2.72 bits per heavy atom. The van der Waals surface area contributed by atoms with Crippen molar-refractivity contribution in [1.82, 2.24) is 9.88 Å². The van der Waals surface area contributed by atoms with Crippen molar-refractivity contribution in [1.29, 1.82) is 0 Å². The van der Waals surface area contributed by atoms with Crippen molar-refractivity contribution in [2.75, 3.05) is 43.0 Å². The molecule has 1 aromatic heterocycles. The number of piperidine rings is 1. The van der Waals surface area contributed by atoms with Crippen LogP contribution in [0.15, 0.2) is 18.3 Å². The molecule has 0 spiro atoms. The number of hydrogen-bond acceptors (Lipinski definition) is 7. The molecule has 0 aromatic carbocycles. The van der Waals surface area contributed by atoms with E-state index in [1.54, 1.807) is 12.3 Å².